The summed E-state index contributed by atoms with van der Waals surface area (Å²) in [6.45, 7) is 2.02. The van der Waals surface area contributed by atoms with Crippen LogP contribution in [0, 0.1) is 10.8 Å². The number of hydrogen-bond acceptors (Lipinski definition) is 3. The molecule has 1 saturated heterocycles. The number of aromatic nitrogens is 1. The van der Waals surface area contributed by atoms with Crippen LogP contribution >= 0.6 is 11.6 Å². The number of nitrogens with one attached hydrogen (secondary N) is 1. The van der Waals surface area contributed by atoms with Crippen molar-refractivity contribution < 1.29 is 0 Å². The highest BCUT2D eigenvalue weighted by molar-refractivity contribution is 6.36. The minimum atomic E-state index is 0.00408. The Morgan fingerprint density at radius 2 is 1.86 bits per heavy atom. The summed E-state index contributed by atoms with van der Waals surface area (Å²) >= 11 is 6.39. The van der Waals surface area contributed by atoms with Crippen LogP contribution in [0.3, 0.4) is 0 Å². The maximum Gasteiger partial charge on any atom is 0.148 e. The van der Waals surface area contributed by atoms with Crippen LogP contribution in [0.5, 0.6) is 0 Å². The molecular formula is C16H23ClN4. The Hall–Kier alpha value is -1.29. The van der Waals surface area contributed by atoms with Gasteiger partial charge in [-0.2, -0.15) is 0 Å². The van der Waals surface area contributed by atoms with E-state index in [1.165, 1.54) is 44.9 Å². The first kappa shape index (κ1) is 14.6. The normalized spacial score (nSPS) is 21.5. The van der Waals surface area contributed by atoms with Crippen molar-refractivity contribution >= 4 is 23.3 Å². The molecule has 0 amide bonds. The fourth-order valence-electron chi connectivity index (χ4n) is 3.86. The van der Waals surface area contributed by atoms with Crippen LogP contribution in [0.1, 0.15) is 50.5 Å². The van der Waals surface area contributed by atoms with E-state index in [1.54, 1.807) is 12.3 Å². The van der Waals surface area contributed by atoms with Gasteiger partial charge < -0.3 is 10.6 Å². The van der Waals surface area contributed by atoms with Gasteiger partial charge in [-0.25, -0.2) is 4.98 Å². The Balaban J connectivity index is 1.75. The molecular weight excluding hydrogens is 284 g/mol. The second-order valence-corrected chi connectivity index (χ2v) is 6.84. The number of amidine groups is 1. The van der Waals surface area contributed by atoms with Crippen molar-refractivity contribution in [3.05, 3.63) is 22.8 Å². The van der Waals surface area contributed by atoms with Gasteiger partial charge in [0.1, 0.15) is 11.7 Å². The molecule has 2 aliphatic rings. The van der Waals surface area contributed by atoms with Gasteiger partial charge in [-0.15, -0.1) is 0 Å². The number of hydrogen-bond donors (Lipinski definition) is 2. The lowest BCUT2D eigenvalue weighted by Crippen LogP contribution is -2.41. The molecule has 1 aromatic heterocycles. The molecule has 0 aromatic carbocycles. The lowest BCUT2D eigenvalue weighted by molar-refractivity contribution is 0.144. The molecule has 2 fully saturated rings. The summed E-state index contributed by atoms with van der Waals surface area (Å²) in [4.78, 5) is 6.68. The second kappa shape index (κ2) is 5.84. The van der Waals surface area contributed by atoms with Crippen LogP contribution in [0.4, 0.5) is 5.82 Å². The fourth-order valence-corrected chi connectivity index (χ4v) is 4.19. The molecule has 1 saturated carbocycles. The van der Waals surface area contributed by atoms with Gasteiger partial charge in [0.15, 0.2) is 0 Å². The minimum absolute atomic E-state index is 0.00408. The van der Waals surface area contributed by atoms with Crippen LogP contribution in [-0.4, -0.2) is 23.9 Å². The van der Waals surface area contributed by atoms with Crippen molar-refractivity contribution in [2.24, 2.45) is 11.1 Å². The van der Waals surface area contributed by atoms with Crippen molar-refractivity contribution in [3.8, 4) is 0 Å². The molecule has 3 rings (SSSR count). The van der Waals surface area contributed by atoms with Crippen LogP contribution in [0.15, 0.2) is 12.3 Å². The average Bonchev–Trinajstić information content (AvgIpc) is 2.49. The maximum atomic E-state index is 7.59. The predicted octanol–water partition coefficient (Wildman–Crippen LogP) is 3.57. The molecule has 4 nitrogen and oxygen atoms in total. The summed E-state index contributed by atoms with van der Waals surface area (Å²) in [6, 6.07) is 1.71. The smallest absolute Gasteiger partial charge is 0.148 e. The number of anilines is 1. The quantitative estimate of drug-likeness (QED) is 0.648. The van der Waals surface area contributed by atoms with E-state index in [-0.39, 0.29) is 5.84 Å². The summed E-state index contributed by atoms with van der Waals surface area (Å²) < 4.78 is 0. The largest absolute Gasteiger partial charge is 0.384 e. The number of piperidine rings is 1. The molecule has 3 N–H and O–H groups in total. The SMILES string of the molecule is N=C(N)c1ccnc(N2CCC3(CCCCC3)CC2)c1Cl. The van der Waals surface area contributed by atoms with E-state index < -0.39 is 0 Å². The molecule has 5 heteroatoms. The Kier molecular flexibility index (Phi) is 4.07. The lowest BCUT2D eigenvalue weighted by Gasteiger charge is -2.44. The highest BCUT2D eigenvalue weighted by atomic mass is 35.5. The zero-order valence-corrected chi connectivity index (χ0v) is 13.1. The lowest BCUT2D eigenvalue weighted by atomic mass is 9.68. The first-order chi connectivity index (χ1) is 10.1. The third-order valence-corrected chi connectivity index (χ3v) is 5.57. The van der Waals surface area contributed by atoms with Gasteiger partial charge >= 0.3 is 0 Å². The molecule has 1 aliphatic carbocycles. The molecule has 0 atom stereocenters. The maximum absolute atomic E-state index is 7.59. The Labute approximate surface area is 131 Å². The average molecular weight is 307 g/mol. The van der Waals surface area contributed by atoms with Crippen molar-refractivity contribution in [3.63, 3.8) is 0 Å². The summed E-state index contributed by atoms with van der Waals surface area (Å²) in [5.41, 5.74) is 6.73. The molecule has 0 radical (unpaired) electrons. The van der Waals surface area contributed by atoms with E-state index in [0.29, 0.717) is 16.0 Å². The Morgan fingerprint density at radius 3 is 2.48 bits per heavy atom. The van der Waals surface area contributed by atoms with Gasteiger partial charge in [0.2, 0.25) is 0 Å². The molecule has 0 bridgehead atoms. The van der Waals surface area contributed by atoms with Crippen molar-refractivity contribution in [1.29, 1.82) is 5.41 Å². The number of pyridine rings is 1. The summed E-state index contributed by atoms with van der Waals surface area (Å²) in [7, 11) is 0. The fraction of sp³-hybridized carbons (Fsp3) is 0.625. The highest BCUT2D eigenvalue weighted by Crippen LogP contribution is 2.45. The van der Waals surface area contributed by atoms with Crippen LogP contribution in [0.25, 0.3) is 0 Å². The van der Waals surface area contributed by atoms with E-state index in [1.807, 2.05) is 0 Å². The zero-order chi connectivity index (χ0) is 14.9. The molecule has 21 heavy (non-hydrogen) atoms. The van der Waals surface area contributed by atoms with Gasteiger partial charge in [-0.1, -0.05) is 30.9 Å². The highest BCUT2D eigenvalue weighted by Gasteiger charge is 2.36. The second-order valence-electron chi connectivity index (χ2n) is 6.46. The van der Waals surface area contributed by atoms with Gasteiger partial charge in [-0.3, -0.25) is 5.41 Å². The molecule has 1 aromatic rings. The van der Waals surface area contributed by atoms with Crippen LogP contribution in [-0.2, 0) is 0 Å². The van der Waals surface area contributed by atoms with E-state index >= 15 is 0 Å². The first-order valence-corrected chi connectivity index (χ1v) is 8.23. The number of rotatable bonds is 2. The summed E-state index contributed by atoms with van der Waals surface area (Å²) in [5, 5.41) is 8.11. The number of nitrogens with zero attached hydrogens (tertiary/aromatic N) is 2. The van der Waals surface area contributed by atoms with E-state index in [2.05, 4.69) is 9.88 Å². The third kappa shape index (κ3) is 2.86. The predicted molar refractivity (Wildman–Crippen MR) is 87.2 cm³/mol. The van der Waals surface area contributed by atoms with Gasteiger partial charge in [-0.05, 0) is 37.2 Å². The van der Waals surface area contributed by atoms with Gasteiger partial charge in [0, 0.05) is 24.8 Å². The molecule has 1 spiro atoms. The van der Waals surface area contributed by atoms with Gasteiger partial charge in [0.25, 0.3) is 0 Å². The van der Waals surface area contributed by atoms with E-state index in [0.717, 1.165) is 18.9 Å². The monoisotopic (exact) mass is 306 g/mol. The summed E-state index contributed by atoms with van der Waals surface area (Å²) in [5.74, 6) is 0.791. The molecule has 0 unspecified atom stereocenters. The van der Waals surface area contributed by atoms with E-state index in [4.69, 9.17) is 22.7 Å². The van der Waals surface area contributed by atoms with Crippen molar-refractivity contribution in [2.75, 3.05) is 18.0 Å². The van der Waals surface area contributed by atoms with Crippen molar-refractivity contribution in [1.82, 2.24) is 4.98 Å². The summed E-state index contributed by atoms with van der Waals surface area (Å²) in [6.07, 6.45) is 11.1. The molecule has 1 aliphatic heterocycles. The minimum Gasteiger partial charge on any atom is -0.384 e. The number of halogens is 1. The Morgan fingerprint density at radius 1 is 1.19 bits per heavy atom. The number of nitrogens with two attached hydrogens (primary N) is 1. The van der Waals surface area contributed by atoms with Crippen LogP contribution in [0.2, 0.25) is 5.02 Å². The molecule has 2 heterocycles. The standard InChI is InChI=1S/C16H23ClN4/c17-13-12(14(18)19)4-9-20-15(13)21-10-7-16(8-11-21)5-2-1-3-6-16/h4,9H,1-3,5-8,10-11H2,(H3,18,19). The first-order valence-electron chi connectivity index (χ1n) is 7.85. The van der Waals surface area contributed by atoms with E-state index in [9.17, 15) is 0 Å². The van der Waals surface area contributed by atoms with Gasteiger partial charge in [0.05, 0.1) is 5.02 Å². The Bertz CT molecular complexity index is 527. The number of nitrogen functional groups attached to an aromatic ring is 1. The topological polar surface area (TPSA) is 66.0 Å². The molecule has 114 valence electrons. The third-order valence-electron chi connectivity index (χ3n) is 5.20. The van der Waals surface area contributed by atoms with Crippen molar-refractivity contribution in [2.45, 2.75) is 44.9 Å². The van der Waals surface area contributed by atoms with Crippen LogP contribution < -0.4 is 10.6 Å². The zero-order valence-electron chi connectivity index (χ0n) is 12.4.